The van der Waals surface area contributed by atoms with E-state index in [-0.39, 0.29) is 11.9 Å². The van der Waals surface area contributed by atoms with Crippen LogP contribution in [0.1, 0.15) is 31.2 Å². The van der Waals surface area contributed by atoms with Gasteiger partial charge in [-0.05, 0) is 31.7 Å². The first kappa shape index (κ1) is 14.2. The molecule has 0 aromatic heterocycles. The summed E-state index contributed by atoms with van der Waals surface area (Å²) in [6.45, 7) is -2.30. The van der Waals surface area contributed by atoms with E-state index in [2.05, 4.69) is 10.1 Å². The lowest BCUT2D eigenvalue weighted by atomic mass is 9.93. The van der Waals surface area contributed by atoms with Crippen LogP contribution in [-0.4, -0.2) is 23.9 Å². The number of para-hydroxylation sites is 1. The second kappa shape index (κ2) is 6.82. The van der Waals surface area contributed by atoms with E-state index in [0.29, 0.717) is 12.6 Å². The van der Waals surface area contributed by atoms with Crippen molar-refractivity contribution in [1.82, 2.24) is 5.32 Å². The molecule has 0 atom stereocenters. The average molecular weight is 271 g/mol. The van der Waals surface area contributed by atoms with Crippen molar-refractivity contribution in [3.63, 3.8) is 0 Å². The molecule has 1 aromatic rings. The number of aliphatic hydroxyl groups is 1. The van der Waals surface area contributed by atoms with Crippen LogP contribution in [0, 0.1) is 0 Å². The smallest absolute Gasteiger partial charge is 0.387 e. The molecule has 0 amide bonds. The van der Waals surface area contributed by atoms with E-state index in [1.807, 2.05) is 0 Å². The summed E-state index contributed by atoms with van der Waals surface area (Å²) in [7, 11) is 0. The molecular weight excluding hydrogens is 252 g/mol. The molecule has 0 heterocycles. The molecule has 1 aliphatic rings. The molecule has 19 heavy (non-hydrogen) atoms. The highest BCUT2D eigenvalue weighted by Gasteiger charge is 2.19. The summed E-state index contributed by atoms with van der Waals surface area (Å²) in [6.07, 6.45) is 3.24. The van der Waals surface area contributed by atoms with Gasteiger partial charge in [0, 0.05) is 18.2 Å². The second-order valence-corrected chi connectivity index (χ2v) is 4.87. The number of benzene rings is 1. The van der Waals surface area contributed by atoms with Crippen LogP contribution in [0.2, 0.25) is 0 Å². The van der Waals surface area contributed by atoms with Gasteiger partial charge in [0.25, 0.3) is 0 Å². The number of halogens is 2. The summed E-state index contributed by atoms with van der Waals surface area (Å²) in [5.74, 6) is 0.223. The van der Waals surface area contributed by atoms with Gasteiger partial charge in [0.1, 0.15) is 5.75 Å². The molecule has 1 aromatic carbocycles. The molecule has 2 rings (SSSR count). The van der Waals surface area contributed by atoms with Gasteiger partial charge in [0.15, 0.2) is 0 Å². The fraction of sp³-hybridized carbons (Fsp3) is 0.571. The van der Waals surface area contributed by atoms with Crippen molar-refractivity contribution in [2.24, 2.45) is 0 Å². The molecule has 0 unspecified atom stereocenters. The van der Waals surface area contributed by atoms with E-state index in [4.69, 9.17) is 0 Å². The van der Waals surface area contributed by atoms with Crippen LogP contribution in [0.3, 0.4) is 0 Å². The quantitative estimate of drug-likeness (QED) is 0.865. The highest BCUT2D eigenvalue weighted by molar-refractivity contribution is 5.33. The van der Waals surface area contributed by atoms with Gasteiger partial charge in [-0.25, -0.2) is 0 Å². The van der Waals surface area contributed by atoms with E-state index in [1.165, 1.54) is 0 Å². The van der Waals surface area contributed by atoms with Gasteiger partial charge in [0.05, 0.1) is 6.10 Å². The highest BCUT2D eigenvalue weighted by atomic mass is 19.3. The van der Waals surface area contributed by atoms with E-state index in [0.717, 1.165) is 31.2 Å². The minimum Gasteiger partial charge on any atom is -0.434 e. The van der Waals surface area contributed by atoms with E-state index in [1.54, 1.807) is 24.3 Å². The van der Waals surface area contributed by atoms with Crippen LogP contribution in [-0.2, 0) is 6.54 Å². The molecule has 0 spiro atoms. The number of alkyl halides is 2. The van der Waals surface area contributed by atoms with E-state index in [9.17, 15) is 13.9 Å². The maximum atomic E-state index is 12.3. The predicted molar refractivity (Wildman–Crippen MR) is 68.2 cm³/mol. The second-order valence-electron chi connectivity index (χ2n) is 4.87. The first-order valence-corrected chi connectivity index (χ1v) is 6.59. The SMILES string of the molecule is OC1CCC(NCc2ccccc2OC(F)F)CC1. The van der Waals surface area contributed by atoms with Gasteiger partial charge in [-0.2, -0.15) is 8.78 Å². The third-order valence-electron chi connectivity index (χ3n) is 3.47. The van der Waals surface area contributed by atoms with Crippen molar-refractivity contribution in [2.45, 2.75) is 51.0 Å². The molecule has 0 aliphatic heterocycles. The summed E-state index contributed by atoms with van der Waals surface area (Å²) >= 11 is 0. The summed E-state index contributed by atoms with van der Waals surface area (Å²) in [5, 5.41) is 12.8. The third-order valence-corrected chi connectivity index (χ3v) is 3.47. The minimum absolute atomic E-state index is 0.187. The molecule has 1 fully saturated rings. The standard InChI is InChI=1S/C14H19F2NO2/c15-14(16)19-13-4-2-1-3-10(13)9-17-11-5-7-12(18)8-6-11/h1-4,11-12,14,17-18H,5-9H2. The zero-order valence-electron chi connectivity index (χ0n) is 10.7. The number of ether oxygens (including phenoxy) is 1. The van der Waals surface area contributed by atoms with Crippen LogP contribution in [0.5, 0.6) is 5.75 Å². The van der Waals surface area contributed by atoms with E-state index < -0.39 is 6.61 Å². The van der Waals surface area contributed by atoms with Gasteiger partial charge in [-0.3, -0.25) is 0 Å². The lowest BCUT2D eigenvalue weighted by molar-refractivity contribution is -0.0505. The Morgan fingerprint density at radius 3 is 2.58 bits per heavy atom. The molecule has 1 aliphatic carbocycles. The Morgan fingerprint density at radius 1 is 1.21 bits per heavy atom. The number of hydrogen-bond donors (Lipinski definition) is 2. The van der Waals surface area contributed by atoms with E-state index >= 15 is 0 Å². The number of nitrogens with one attached hydrogen (secondary N) is 1. The van der Waals surface area contributed by atoms with Crippen LogP contribution in [0.25, 0.3) is 0 Å². The number of hydrogen-bond acceptors (Lipinski definition) is 3. The van der Waals surface area contributed by atoms with Crippen LogP contribution < -0.4 is 10.1 Å². The average Bonchev–Trinajstić information content (AvgIpc) is 2.39. The number of aliphatic hydroxyl groups excluding tert-OH is 1. The van der Waals surface area contributed by atoms with Gasteiger partial charge in [0.2, 0.25) is 0 Å². The van der Waals surface area contributed by atoms with Crippen molar-refractivity contribution in [3.8, 4) is 5.75 Å². The molecule has 1 saturated carbocycles. The maximum Gasteiger partial charge on any atom is 0.387 e. The molecule has 0 bridgehead atoms. The maximum absolute atomic E-state index is 12.3. The van der Waals surface area contributed by atoms with Crippen molar-refractivity contribution < 1.29 is 18.6 Å². The fourth-order valence-electron chi connectivity index (χ4n) is 2.40. The molecule has 0 saturated heterocycles. The molecule has 2 N–H and O–H groups in total. The first-order chi connectivity index (χ1) is 9.15. The molecular formula is C14H19F2NO2. The van der Waals surface area contributed by atoms with Crippen molar-refractivity contribution in [3.05, 3.63) is 29.8 Å². The Kier molecular flexibility index (Phi) is 5.10. The van der Waals surface area contributed by atoms with Crippen LogP contribution >= 0.6 is 0 Å². The summed E-state index contributed by atoms with van der Waals surface area (Å²) in [5.41, 5.74) is 0.730. The van der Waals surface area contributed by atoms with Crippen molar-refractivity contribution in [1.29, 1.82) is 0 Å². The lowest BCUT2D eigenvalue weighted by Gasteiger charge is -2.26. The molecule has 3 nitrogen and oxygen atoms in total. The Balaban J connectivity index is 1.88. The van der Waals surface area contributed by atoms with Gasteiger partial charge >= 0.3 is 6.61 Å². The zero-order valence-corrected chi connectivity index (χ0v) is 10.7. The Hall–Kier alpha value is -1.20. The summed E-state index contributed by atoms with van der Waals surface area (Å²) < 4.78 is 29.0. The largest absolute Gasteiger partial charge is 0.434 e. The predicted octanol–water partition coefficient (Wildman–Crippen LogP) is 2.68. The van der Waals surface area contributed by atoms with Crippen molar-refractivity contribution in [2.75, 3.05) is 0 Å². The third kappa shape index (κ3) is 4.44. The van der Waals surface area contributed by atoms with Crippen molar-refractivity contribution >= 4 is 0 Å². The highest BCUT2D eigenvalue weighted by Crippen LogP contribution is 2.22. The normalized spacial score (nSPS) is 23.6. The summed E-state index contributed by atoms with van der Waals surface area (Å²) in [6, 6.07) is 7.15. The van der Waals surface area contributed by atoms with Gasteiger partial charge < -0.3 is 15.2 Å². The molecule has 0 radical (unpaired) electrons. The summed E-state index contributed by atoms with van der Waals surface area (Å²) in [4.78, 5) is 0. The Bertz CT molecular complexity index is 393. The lowest BCUT2D eigenvalue weighted by Crippen LogP contribution is -2.34. The Labute approximate surface area is 111 Å². The Morgan fingerprint density at radius 2 is 1.89 bits per heavy atom. The molecule has 5 heteroatoms. The van der Waals surface area contributed by atoms with Gasteiger partial charge in [-0.1, -0.05) is 18.2 Å². The minimum atomic E-state index is -2.80. The number of rotatable bonds is 5. The fourth-order valence-corrected chi connectivity index (χ4v) is 2.40. The van der Waals surface area contributed by atoms with Crippen LogP contribution in [0.4, 0.5) is 8.78 Å². The topological polar surface area (TPSA) is 41.5 Å². The zero-order chi connectivity index (χ0) is 13.7. The van der Waals surface area contributed by atoms with Gasteiger partial charge in [-0.15, -0.1) is 0 Å². The van der Waals surface area contributed by atoms with Crippen LogP contribution in [0.15, 0.2) is 24.3 Å². The first-order valence-electron chi connectivity index (χ1n) is 6.59. The molecule has 106 valence electrons. The monoisotopic (exact) mass is 271 g/mol.